The van der Waals surface area contributed by atoms with Crippen LogP contribution in [-0.2, 0) is 6.42 Å². The molecule has 5 nitrogen and oxygen atoms in total. The van der Waals surface area contributed by atoms with Gasteiger partial charge in [-0.1, -0.05) is 24.3 Å². The zero-order valence-electron chi connectivity index (χ0n) is 16.5. The van der Waals surface area contributed by atoms with Gasteiger partial charge < -0.3 is 15.4 Å². The number of carbonyl (C=O) groups excluding carboxylic acids is 1. The summed E-state index contributed by atoms with van der Waals surface area (Å²) in [7, 11) is 1.65. The van der Waals surface area contributed by atoms with Crippen LogP contribution in [0.5, 0.6) is 5.75 Å². The molecule has 3 rings (SSSR count). The van der Waals surface area contributed by atoms with Crippen molar-refractivity contribution in [2.45, 2.75) is 20.3 Å². The lowest BCUT2D eigenvalue weighted by molar-refractivity contribution is 0.0954. The van der Waals surface area contributed by atoms with Crippen LogP contribution in [0.4, 0.5) is 11.4 Å². The van der Waals surface area contributed by atoms with E-state index in [1.807, 2.05) is 37.3 Å². The number of carbonyl (C=O) groups is 1. The van der Waals surface area contributed by atoms with Gasteiger partial charge in [-0.15, -0.1) is 0 Å². The van der Waals surface area contributed by atoms with Crippen LogP contribution in [0.15, 0.2) is 60.9 Å². The normalized spacial score (nSPS) is 10.4. The smallest absolute Gasteiger partial charge is 0.252 e. The summed E-state index contributed by atoms with van der Waals surface area (Å²) in [5.74, 6) is 0.679. The van der Waals surface area contributed by atoms with Gasteiger partial charge in [0, 0.05) is 18.4 Å². The van der Waals surface area contributed by atoms with Gasteiger partial charge in [-0.2, -0.15) is 0 Å². The second-order valence-corrected chi connectivity index (χ2v) is 6.76. The van der Waals surface area contributed by atoms with E-state index in [9.17, 15) is 4.79 Å². The van der Waals surface area contributed by atoms with E-state index < -0.39 is 0 Å². The van der Waals surface area contributed by atoms with Crippen LogP contribution < -0.4 is 15.4 Å². The lowest BCUT2D eigenvalue weighted by Crippen LogP contribution is -2.25. The monoisotopic (exact) mass is 375 g/mol. The van der Waals surface area contributed by atoms with Gasteiger partial charge in [0.25, 0.3) is 5.91 Å². The first-order valence-electron chi connectivity index (χ1n) is 9.25. The molecule has 144 valence electrons. The molecule has 0 aliphatic carbocycles. The first-order valence-corrected chi connectivity index (χ1v) is 9.25. The number of aryl methyl sites for hydroxylation is 2. The second-order valence-electron chi connectivity index (χ2n) is 6.76. The molecule has 1 amide bonds. The van der Waals surface area contributed by atoms with Crippen molar-refractivity contribution in [1.82, 2.24) is 10.3 Å². The number of aromatic nitrogens is 1. The largest absolute Gasteiger partial charge is 0.497 e. The van der Waals surface area contributed by atoms with Gasteiger partial charge in [-0.25, -0.2) is 0 Å². The highest BCUT2D eigenvalue weighted by Crippen LogP contribution is 2.22. The number of nitrogens with zero attached hydrogens (tertiary/aromatic N) is 1. The van der Waals surface area contributed by atoms with Gasteiger partial charge in [0.05, 0.1) is 24.6 Å². The van der Waals surface area contributed by atoms with Gasteiger partial charge in [0.1, 0.15) is 5.75 Å². The molecule has 5 heteroatoms. The average Bonchev–Trinajstić information content (AvgIpc) is 2.71. The number of methoxy groups -OCH3 is 1. The summed E-state index contributed by atoms with van der Waals surface area (Å²) in [6, 6.07) is 15.9. The summed E-state index contributed by atoms with van der Waals surface area (Å²) in [4.78, 5) is 16.7. The maximum atomic E-state index is 12.5. The number of anilines is 2. The molecular formula is C23H25N3O2. The van der Waals surface area contributed by atoms with Crippen molar-refractivity contribution >= 4 is 17.3 Å². The predicted molar refractivity (Wildman–Crippen MR) is 112 cm³/mol. The number of amides is 1. The van der Waals surface area contributed by atoms with Crippen molar-refractivity contribution in [2.24, 2.45) is 0 Å². The molecule has 0 bridgehead atoms. The average molecular weight is 375 g/mol. The molecule has 0 spiro atoms. The van der Waals surface area contributed by atoms with Crippen LogP contribution in [0.2, 0.25) is 0 Å². The van der Waals surface area contributed by atoms with E-state index in [0.29, 0.717) is 12.1 Å². The molecular weight excluding hydrogens is 350 g/mol. The van der Waals surface area contributed by atoms with Crippen molar-refractivity contribution in [2.75, 3.05) is 19.0 Å². The lowest BCUT2D eigenvalue weighted by atomic mass is 10.1. The molecule has 0 saturated heterocycles. The van der Waals surface area contributed by atoms with Crippen LogP contribution in [-0.4, -0.2) is 24.5 Å². The molecule has 0 radical (unpaired) electrons. The Balaban J connectivity index is 1.61. The Morgan fingerprint density at radius 1 is 1.07 bits per heavy atom. The standard InChI is InChI=1S/C23H25N3O2/c1-16-7-8-17(2)22(11-16)26-20-13-19(14-24-15-20)23(27)25-10-9-18-5-4-6-21(12-18)28-3/h4-8,11-15,26H,9-10H2,1-3H3,(H,25,27). The summed E-state index contributed by atoms with van der Waals surface area (Å²) in [5, 5.41) is 6.30. The molecule has 1 heterocycles. The van der Waals surface area contributed by atoms with Gasteiger partial charge >= 0.3 is 0 Å². The number of hydrogen-bond acceptors (Lipinski definition) is 4. The van der Waals surface area contributed by atoms with E-state index in [2.05, 4.69) is 40.7 Å². The van der Waals surface area contributed by atoms with Crippen LogP contribution in [0.1, 0.15) is 27.0 Å². The maximum absolute atomic E-state index is 12.5. The predicted octanol–water partition coefficient (Wildman–Crippen LogP) is 4.42. The first-order chi connectivity index (χ1) is 13.5. The minimum absolute atomic E-state index is 0.139. The van der Waals surface area contributed by atoms with Crippen LogP contribution in [0, 0.1) is 13.8 Å². The van der Waals surface area contributed by atoms with Crippen LogP contribution in [0.3, 0.4) is 0 Å². The van der Waals surface area contributed by atoms with Gasteiger partial charge in [-0.05, 0) is 61.2 Å². The molecule has 28 heavy (non-hydrogen) atoms. The minimum Gasteiger partial charge on any atom is -0.497 e. The van der Waals surface area contributed by atoms with Crippen molar-refractivity contribution in [1.29, 1.82) is 0 Å². The highest BCUT2D eigenvalue weighted by Gasteiger charge is 2.08. The zero-order chi connectivity index (χ0) is 19.9. The van der Waals surface area contributed by atoms with Crippen molar-refractivity contribution in [3.63, 3.8) is 0 Å². The quantitative estimate of drug-likeness (QED) is 0.641. The molecule has 0 atom stereocenters. The molecule has 0 aliphatic rings. The Hall–Kier alpha value is -3.34. The minimum atomic E-state index is -0.139. The zero-order valence-corrected chi connectivity index (χ0v) is 16.5. The molecule has 0 fully saturated rings. The number of rotatable bonds is 7. The number of pyridine rings is 1. The molecule has 3 aromatic rings. The molecule has 2 N–H and O–H groups in total. The maximum Gasteiger partial charge on any atom is 0.252 e. The van der Waals surface area contributed by atoms with E-state index >= 15 is 0 Å². The second kappa shape index (κ2) is 9.04. The third kappa shape index (κ3) is 5.10. The fourth-order valence-electron chi connectivity index (χ4n) is 2.91. The highest BCUT2D eigenvalue weighted by atomic mass is 16.5. The number of benzene rings is 2. The molecule has 0 aliphatic heterocycles. The fourth-order valence-corrected chi connectivity index (χ4v) is 2.91. The van der Waals surface area contributed by atoms with E-state index in [1.165, 1.54) is 5.56 Å². The fraction of sp³-hybridized carbons (Fsp3) is 0.217. The Bertz CT molecular complexity index is 970. The summed E-state index contributed by atoms with van der Waals surface area (Å²) < 4.78 is 5.23. The summed E-state index contributed by atoms with van der Waals surface area (Å²) in [6.07, 6.45) is 4.03. The Labute approximate surface area is 165 Å². The Morgan fingerprint density at radius 3 is 2.75 bits per heavy atom. The van der Waals surface area contributed by atoms with Crippen molar-refractivity contribution < 1.29 is 9.53 Å². The van der Waals surface area contributed by atoms with Crippen LogP contribution in [0.25, 0.3) is 0 Å². The number of ether oxygens (including phenoxy) is 1. The molecule has 1 aromatic heterocycles. The van der Waals surface area contributed by atoms with E-state index in [4.69, 9.17) is 4.74 Å². The van der Waals surface area contributed by atoms with Gasteiger partial charge in [-0.3, -0.25) is 9.78 Å². The third-order valence-corrected chi connectivity index (χ3v) is 4.51. The third-order valence-electron chi connectivity index (χ3n) is 4.51. The van der Waals surface area contributed by atoms with Crippen LogP contribution >= 0.6 is 0 Å². The lowest BCUT2D eigenvalue weighted by Gasteiger charge is -2.11. The Kier molecular flexibility index (Phi) is 6.27. The topological polar surface area (TPSA) is 63.2 Å². The van der Waals surface area contributed by atoms with Crippen molar-refractivity contribution in [3.05, 3.63) is 83.2 Å². The molecule has 2 aromatic carbocycles. The van der Waals surface area contributed by atoms with E-state index in [-0.39, 0.29) is 5.91 Å². The molecule has 0 saturated carbocycles. The van der Waals surface area contributed by atoms with E-state index in [1.54, 1.807) is 19.5 Å². The van der Waals surface area contributed by atoms with Gasteiger partial charge in [0.2, 0.25) is 0 Å². The highest BCUT2D eigenvalue weighted by molar-refractivity contribution is 5.94. The SMILES string of the molecule is COc1cccc(CCNC(=O)c2cncc(Nc3cc(C)ccc3C)c2)c1. The molecule has 0 unspecified atom stereocenters. The number of hydrogen-bond donors (Lipinski definition) is 2. The summed E-state index contributed by atoms with van der Waals surface area (Å²) >= 11 is 0. The summed E-state index contributed by atoms with van der Waals surface area (Å²) in [6.45, 7) is 4.64. The first kappa shape index (κ1) is 19.4. The van der Waals surface area contributed by atoms with Crippen molar-refractivity contribution in [3.8, 4) is 5.75 Å². The van der Waals surface area contributed by atoms with E-state index in [0.717, 1.165) is 34.7 Å². The Morgan fingerprint density at radius 2 is 1.93 bits per heavy atom. The number of nitrogens with one attached hydrogen (secondary N) is 2. The summed E-state index contributed by atoms with van der Waals surface area (Å²) in [5.41, 5.74) is 5.75. The van der Waals surface area contributed by atoms with Gasteiger partial charge in [0.15, 0.2) is 0 Å².